The Hall–Kier alpha value is -1.77. The lowest BCUT2D eigenvalue weighted by atomic mass is 9.86. The van der Waals surface area contributed by atoms with Crippen LogP contribution in [0.4, 0.5) is 0 Å². The minimum absolute atomic E-state index is 0.0298. The molecule has 2 amide bonds. The lowest BCUT2D eigenvalue weighted by Gasteiger charge is -2.29. The highest BCUT2D eigenvalue weighted by atomic mass is 35.5. The van der Waals surface area contributed by atoms with Crippen molar-refractivity contribution in [2.75, 3.05) is 12.3 Å². The molecule has 7 nitrogen and oxygen atoms in total. The van der Waals surface area contributed by atoms with E-state index in [0.717, 1.165) is 12.2 Å². The number of nitrogens with zero attached hydrogens (tertiary/aromatic N) is 3. The van der Waals surface area contributed by atoms with Gasteiger partial charge in [-0.3, -0.25) is 9.59 Å². The summed E-state index contributed by atoms with van der Waals surface area (Å²) >= 11 is 13.2. The van der Waals surface area contributed by atoms with Gasteiger partial charge in [-0.25, -0.2) is 0 Å². The molecule has 0 aliphatic heterocycles. The third kappa shape index (κ3) is 6.60. The van der Waals surface area contributed by atoms with Crippen LogP contribution in [0.3, 0.4) is 0 Å². The molecular weight excluding hydrogens is 457 g/mol. The molecule has 0 radical (unpaired) electrons. The Morgan fingerprint density at radius 1 is 1.19 bits per heavy atom. The summed E-state index contributed by atoms with van der Waals surface area (Å²) in [6.45, 7) is 2.60. The Balaban J connectivity index is 1.44. The zero-order valence-corrected chi connectivity index (χ0v) is 20.0. The first-order valence-corrected chi connectivity index (χ1v) is 12.1. The average Bonchev–Trinajstić information content (AvgIpc) is 3.09. The van der Waals surface area contributed by atoms with E-state index in [1.165, 1.54) is 37.1 Å². The second-order valence-corrected chi connectivity index (χ2v) is 9.57. The lowest BCUT2D eigenvalue weighted by Crippen LogP contribution is -2.41. The van der Waals surface area contributed by atoms with Crippen LogP contribution in [0.1, 0.15) is 48.8 Å². The van der Waals surface area contributed by atoms with Gasteiger partial charge in [0.05, 0.1) is 15.8 Å². The van der Waals surface area contributed by atoms with Gasteiger partial charge in [-0.05, 0) is 37.0 Å². The summed E-state index contributed by atoms with van der Waals surface area (Å²) in [6.07, 6.45) is 5.17. The molecule has 1 aliphatic rings. The standard InChI is InChI=1S/C21H27Cl2N5O2S/c1-13-5-3-4-6-17(13)25-19(29)12-31-21-27-26-18(28(21)2)9-10-24-20(30)14-7-8-15(22)16(23)11-14/h7-8,11,13,17H,3-6,9-10,12H2,1-2H3,(H,24,30)(H,25,29)/t13-,17-/m0/s1. The molecule has 1 aromatic carbocycles. The number of thioether (sulfide) groups is 1. The number of aromatic nitrogens is 3. The largest absolute Gasteiger partial charge is 0.352 e. The summed E-state index contributed by atoms with van der Waals surface area (Å²) in [5.74, 6) is 1.37. The predicted octanol–water partition coefficient (Wildman–Crippen LogP) is 3.88. The average molecular weight is 484 g/mol. The van der Waals surface area contributed by atoms with E-state index in [4.69, 9.17) is 23.2 Å². The number of nitrogens with one attached hydrogen (secondary N) is 2. The number of benzene rings is 1. The smallest absolute Gasteiger partial charge is 0.251 e. The van der Waals surface area contributed by atoms with Crippen LogP contribution in [0, 0.1) is 5.92 Å². The molecule has 31 heavy (non-hydrogen) atoms. The van der Waals surface area contributed by atoms with Crippen molar-refractivity contribution in [3.8, 4) is 0 Å². The molecule has 2 N–H and O–H groups in total. The lowest BCUT2D eigenvalue weighted by molar-refractivity contribution is -0.119. The van der Waals surface area contributed by atoms with Crippen LogP contribution in [-0.4, -0.2) is 44.9 Å². The van der Waals surface area contributed by atoms with Crippen molar-refractivity contribution < 1.29 is 9.59 Å². The van der Waals surface area contributed by atoms with E-state index < -0.39 is 0 Å². The first-order valence-electron chi connectivity index (χ1n) is 10.4. The topological polar surface area (TPSA) is 88.9 Å². The second kappa shape index (κ2) is 11.2. The summed E-state index contributed by atoms with van der Waals surface area (Å²) in [5, 5.41) is 15.8. The van der Waals surface area contributed by atoms with E-state index in [1.54, 1.807) is 12.1 Å². The van der Waals surface area contributed by atoms with Crippen LogP contribution in [0.2, 0.25) is 10.0 Å². The van der Waals surface area contributed by atoms with Crippen molar-refractivity contribution >= 4 is 46.8 Å². The van der Waals surface area contributed by atoms with Crippen molar-refractivity contribution in [1.82, 2.24) is 25.4 Å². The van der Waals surface area contributed by atoms with Crippen LogP contribution < -0.4 is 10.6 Å². The molecular formula is C21H27Cl2N5O2S. The maximum atomic E-state index is 12.3. The van der Waals surface area contributed by atoms with Crippen LogP contribution >= 0.6 is 35.0 Å². The third-order valence-electron chi connectivity index (χ3n) is 5.53. The van der Waals surface area contributed by atoms with E-state index in [2.05, 4.69) is 27.8 Å². The molecule has 1 aliphatic carbocycles. The van der Waals surface area contributed by atoms with Gasteiger partial charge in [0.2, 0.25) is 5.91 Å². The van der Waals surface area contributed by atoms with Gasteiger partial charge in [-0.15, -0.1) is 10.2 Å². The van der Waals surface area contributed by atoms with Crippen molar-refractivity contribution in [3.05, 3.63) is 39.6 Å². The number of halogens is 2. The summed E-state index contributed by atoms with van der Waals surface area (Å²) in [5.41, 5.74) is 0.446. The minimum Gasteiger partial charge on any atom is -0.352 e. The van der Waals surface area contributed by atoms with E-state index in [1.807, 2.05) is 11.6 Å². The molecule has 0 spiro atoms. The molecule has 0 bridgehead atoms. The molecule has 2 aromatic rings. The molecule has 10 heteroatoms. The zero-order valence-electron chi connectivity index (χ0n) is 17.7. The van der Waals surface area contributed by atoms with Crippen LogP contribution in [0.25, 0.3) is 0 Å². The first kappa shape index (κ1) is 23.9. The highest BCUT2D eigenvalue weighted by molar-refractivity contribution is 7.99. The summed E-state index contributed by atoms with van der Waals surface area (Å²) in [4.78, 5) is 24.6. The van der Waals surface area contributed by atoms with Gasteiger partial charge in [0.15, 0.2) is 5.16 Å². The fraction of sp³-hybridized carbons (Fsp3) is 0.524. The third-order valence-corrected chi connectivity index (χ3v) is 7.29. The van der Waals surface area contributed by atoms with Gasteiger partial charge in [-0.2, -0.15) is 0 Å². The number of amides is 2. The van der Waals surface area contributed by atoms with Crippen molar-refractivity contribution in [2.24, 2.45) is 13.0 Å². The molecule has 1 heterocycles. The summed E-state index contributed by atoms with van der Waals surface area (Å²) in [6, 6.07) is 5.03. The maximum Gasteiger partial charge on any atom is 0.251 e. The van der Waals surface area contributed by atoms with Gasteiger partial charge >= 0.3 is 0 Å². The fourth-order valence-corrected chi connectivity index (χ4v) is 4.66. The maximum absolute atomic E-state index is 12.3. The molecule has 0 unspecified atom stereocenters. The van der Waals surface area contributed by atoms with Crippen LogP contribution in [0.15, 0.2) is 23.4 Å². The molecule has 0 saturated heterocycles. The normalized spacial score (nSPS) is 18.6. The molecule has 3 rings (SSSR count). The van der Waals surface area contributed by atoms with E-state index >= 15 is 0 Å². The van der Waals surface area contributed by atoms with Gasteiger partial charge in [-0.1, -0.05) is 54.7 Å². The van der Waals surface area contributed by atoms with Gasteiger partial charge < -0.3 is 15.2 Å². The van der Waals surface area contributed by atoms with Crippen molar-refractivity contribution in [2.45, 2.75) is 50.2 Å². The Kier molecular flexibility index (Phi) is 8.63. The highest BCUT2D eigenvalue weighted by Gasteiger charge is 2.23. The molecule has 2 atom stereocenters. The van der Waals surface area contributed by atoms with Crippen molar-refractivity contribution in [3.63, 3.8) is 0 Å². The van der Waals surface area contributed by atoms with E-state index in [9.17, 15) is 9.59 Å². The molecule has 1 saturated carbocycles. The van der Waals surface area contributed by atoms with E-state index in [0.29, 0.717) is 45.4 Å². The molecule has 1 aromatic heterocycles. The monoisotopic (exact) mass is 483 g/mol. The SMILES string of the molecule is C[C@H]1CCCC[C@@H]1NC(=O)CSc1nnc(CCNC(=O)c2ccc(Cl)c(Cl)c2)n1C. The number of rotatable bonds is 8. The Morgan fingerprint density at radius 3 is 2.71 bits per heavy atom. The van der Waals surface area contributed by atoms with Gasteiger partial charge in [0, 0.05) is 31.6 Å². The fourth-order valence-electron chi connectivity index (χ4n) is 3.62. The number of carbonyl (C=O) groups is 2. The molecule has 1 fully saturated rings. The summed E-state index contributed by atoms with van der Waals surface area (Å²) in [7, 11) is 1.86. The quantitative estimate of drug-likeness (QED) is 0.556. The second-order valence-electron chi connectivity index (χ2n) is 7.82. The van der Waals surface area contributed by atoms with Crippen LogP contribution in [-0.2, 0) is 18.3 Å². The predicted molar refractivity (Wildman–Crippen MR) is 124 cm³/mol. The Bertz CT molecular complexity index is 936. The minimum atomic E-state index is -0.232. The first-order chi connectivity index (χ1) is 14.8. The zero-order chi connectivity index (χ0) is 22.4. The molecule has 168 valence electrons. The highest BCUT2D eigenvalue weighted by Crippen LogP contribution is 2.24. The number of carbonyl (C=O) groups excluding carboxylic acids is 2. The van der Waals surface area contributed by atoms with Crippen LogP contribution in [0.5, 0.6) is 0 Å². The van der Waals surface area contributed by atoms with Gasteiger partial charge in [0.25, 0.3) is 5.91 Å². The Morgan fingerprint density at radius 2 is 1.97 bits per heavy atom. The van der Waals surface area contributed by atoms with Gasteiger partial charge in [0.1, 0.15) is 5.82 Å². The Labute approximate surface area is 196 Å². The summed E-state index contributed by atoms with van der Waals surface area (Å²) < 4.78 is 1.85. The van der Waals surface area contributed by atoms with Crippen molar-refractivity contribution in [1.29, 1.82) is 0 Å². The number of hydrogen-bond donors (Lipinski definition) is 2. The van der Waals surface area contributed by atoms with E-state index in [-0.39, 0.29) is 17.9 Å². The number of hydrogen-bond acceptors (Lipinski definition) is 5.